The lowest BCUT2D eigenvalue weighted by Gasteiger charge is -2.24. The van der Waals surface area contributed by atoms with Crippen molar-refractivity contribution in [3.8, 4) is 0 Å². The Balaban J connectivity index is 2.08. The number of rotatable bonds is 2. The summed E-state index contributed by atoms with van der Waals surface area (Å²) in [6.07, 6.45) is -0.297. The number of aliphatic hydroxyl groups excluding tert-OH is 1. The fourth-order valence-corrected chi connectivity index (χ4v) is 2.61. The van der Waals surface area contributed by atoms with Gasteiger partial charge >= 0.3 is 6.09 Å². The standard InChI is InChI=1S/C16H23NO3/c1-16(2,3)20-15(19)17-9-13(11-18)14(10-17)12-7-5-4-6-8-12/h4-8,13-14,18H,9-11H2,1-3H3. The number of aliphatic hydroxyl groups is 1. The predicted octanol–water partition coefficient (Wildman–Crippen LogP) is 2.63. The van der Waals surface area contributed by atoms with Crippen molar-refractivity contribution in [1.82, 2.24) is 4.90 Å². The Morgan fingerprint density at radius 3 is 2.50 bits per heavy atom. The van der Waals surface area contributed by atoms with Gasteiger partial charge in [0.2, 0.25) is 0 Å². The summed E-state index contributed by atoms with van der Waals surface area (Å²) in [5.74, 6) is 0.249. The van der Waals surface area contributed by atoms with E-state index in [-0.39, 0.29) is 24.5 Å². The highest BCUT2D eigenvalue weighted by atomic mass is 16.6. The van der Waals surface area contributed by atoms with Crippen LogP contribution in [0, 0.1) is 5.92 Å². The molecule has 1 aromatic carbocycles. The van der Waals surface area contributed by atoms with Gasteiger partial charge in [0.05, 0.1) is 0 Å². The summed E-state index contributed by atoms with van der Waals surface area (Å²) in [6, 6.07) is 10.0. The van der Waals surface area contributed by atoms with Crippen LogP contribution in [0.3, 0.4) is 0 Å². The number of carbonyl (C=O) groups is 1. The summed E-state index contributed by atoms with van der Waals surface area (Å²) in [5.41, 5.74) is 0.675. The van der Waals surface area contributed by atoms with E-state index in [1.165, 1.54) is 0 Å². The average Bonchev–Trinajstić information content (AvgIpc) is 2.82. The number of hydrogen-bond donors (Lipinski definition) is 1. The van der Waals surface area contributed by atoms with Crippen molar-refractivity contribution in [3.05, 3.63) is 35.9 Å². The molecule has 0 aromatic heterocycles. The Hall–Kier alpha value is -1.55. The molecule has 1 aliphatic heterocycles. The monoisotopic (exact) mass is 277 g/mol. The number of benzene rings is 1. The van der Waals surface area contributed by atoms with Crippen molar-refractivity contribution in [3.63, 3.8) is 0 Å². The first kappa shape index (κ1) is 14.9. The van der Waals surface area contributed by atoms with E-state index in [1.807, 2.05) is 51.1 Å². The molecule has 4 nitrogen and oxygen atoms in total. The van der Waals surface area contributed by atoms with Crippen LogP contribution in [0.5, 0.6) is 0 Å². The quantitative estimate of drug-likeness (QED) is 0.904. The van der Waals surface area contributed by atoms with E-state index >= 15 is 0 Å². The molecule has 1 amide bonds. The van der Waals surface area contributed by atoms with Gasteiger partial charge in [-0.3, -0.25) is 0 Å². The maximum absolute atomic E-state index is 12.1. The van der Waals surface area contributed by atoms with E-state index in [2.05, 4.69) is 0 Å². The normalized spacial score (nSPS) is 22.9. The lowest BCUT2D eigenvalue weighted by atomic mass is 9.90. The topological polar surface area (TPSA) is 49.8 Å². The van der Waals surface area contributed by atoms with Crippen molar-refractivity contribution in [2.75, 3.05) is 19.7 Å². The van der Waals surface area contributed by atoms with Crippen molar-refractivity contribution < 1.29 is 14.6 Å². The first-order chi connectivity index (χ1) is 9.40. The molecule has 20 heavy (non-hydrogen) atoms. The van der Waals surface area contributed by atoms with Gasteiger partial charge in [-0.15, -0.1) is 0 Å². The lowest BCUT2D eigenvalue weighted by molar-refractivity contribution is 0.0283. The minimum atomic E-state index is -0.489. The SMILES string of the molecule is CC(C)(C)OC(=O)N1CC(CO)C(c2ccccc2)C1. The summed E-state index contributed by atoms with van der Waals surface area (Å²) in [4.78, 5) is 13.8. The molecule has 0 aliphatic carbocycles. The van der Waals surface area contributed by atoms with E-state index in [0.717, 1.165) is 5.56 Å². The number of likely N-dealkylation sites (tertiary alicyclic amines) is 1. The summed E-state index contributed by atoms with van der Waals surface area (Å²) >= 11 is 0. The maximum Gasteiger partial charge on any atom is 0.410 e. The van der Waals surface area contributed by atoms with Crippen LogP contribution in [0.2, 0.25) is 0 Å². The Morgan fingerprint density at radius 2 is 1.95 bits per heavy atom. The Labute approximate surface area is 120 Å². The number of hydrogen-bond acceptors (Lipinski definition) is 3. The maximum atomic E-state index is 12.1. The molecule has 4 heteroatoms. The minimum Gasteiger partial charge on any atom is -0.444 e. The molecule has 1 fully saturated rings. The van der Waals surface area contributed by atoms with Crippen LogP contribution >= 0.6 is 0 Å². The van der Waals surface area contributed by atoms with E-state index < -0.39 is 5.60 Å². The van der Waals surface area contributed by atoms with Crippen LogP contribution < -0.4 is 0 Å². The highest BCUT2D eigenvalue weighted by Crippen LogP contribution is 2.33. The molecular weight excluding hydrogens is 254 g/mol. The largest absolute Gasteiger partial charge is 0.444 e. The van der Waals surface area contributed by atoms with Gasteiger partial charge in [0.15, 0.2) is 0 Å². The molecule has 2 rings (SSSR count). The van der Waals surface area contributed by atoms with Gasteiger partial charge in [0.1, 0.15) is 5.60 Å². The van der Waals surface area contributed by atoms with Crippen LogP contribution in [0.15, 0.2) is 30.3 Å². The number of nitrogens with zero attached hydrogens (tertiary/aromatic N) is 1. The Kier molecular flexibility index (Phi) is 4.33. The smallest absolute Gasteiger partial charge is 0.410 e. The summed E-state index contributed by atoms with van der Waals surface area (Å²) < 4.78 is 5.40. The molecule has 1 saturated heterocycles. The lowest BCUT2D eigenvalue weighted by Crippen LogP contribution is -2.35. The summed E-state index contributed by atoms with van der Waals surface area (Å²) in [7, 11) is 0. The average molecular weight is 277 g/mol. The van der Waals surface area contributed by atoms with Crippen molar-refractivity contribution in [1.29, 1.82) is 0 Å². The van der Waals surface area contributed by atoms with Gasteiger partial charge in [-0.25, -0.2) is 4.79 Å². The second-order valence-electron chi connectivity index (χ2n) is 6.35. The van der Waals surface area contributed by atoms with Crippen molar-refractivity contribution >= 4 is 6.09 Å². The molecule has 1 heterocycles. The van der Waals surface area contributed by atoms with Gasteiger partial charge in [-0.1, -0.05) is 30.3 Å². The van der Waals surface area contributed by atoms with E-state index in [9.17, 15) is 9.90 Å². The molecule has 1 aliphatic rings. The van der Waals surface area contributed by atoms with E-state index in [4.69, 9.17) is 4.74 Å². The highest BCUT2D eigenvalue weighted by Gasteiger charge is 2.37. The fourth-order valence-electron chi connectivity index (χ4n) is 2.61. The van der Waals surface area contributed by atoms with Crippen LogP contribution in [0.4, 0.5) is 4.79 Å². The molecule has 0 bridgehead atoms. The first-order valence-electron chi connectivity index (χ1n) is 7.04. The summed E-state index contributed by atoms with van der Waals surface area (Å²) in [5, 5.41) is 9.55. The third-order valence-corrected chi connectivity index (χ3v) is 3.55. The van der Waals surface area contributed by atoms with Crippen LogP contribution in [-0.4, -0.2) is 41.4 Å². The predicted molar refractivity (Wildman–Crippen MR) is 77.6 cm³/mol. The molecule has 110 valence electrons. The molecule has 2 atom stereocenters. The Bertz CT molecular complexity index is 453. The van der Waals surface area contributed by atoms with Gasteiger partial charge in [-0.2, -0.15) is 0 Å². The molecule has 1 N–H and O–H groups in total. The van der Waals surface area contributed by atoms with Crippen LogP contribution in [-0.2, 0) is 4.74 Å². The van der Waals surface area contributed by atoms with Gasteiger partial charge < -0.3 is 14.7 Å². The highest BCUT2D eigenvalue weighted by molar-refractivity contribution is 5.68. The van der Waals surface area contributed by atoms with Crippen LogP contribution in [0.25, 0.3) is 0 Å². The molecule has 0 spiro atoms. The fraction of sp³-hybridized carbons (Fsp3) is 0.562. The summed E-state index contributed by atoms with van der Waals surface area (Å²) in [6.45, 7) is 6.81. The first-order valence-corrected chi connectivity index (χ1v) is 7.04. The number of amides is 1. The second-order valence-corrected chi connectivity index (χ2v) is 6.35. The molecule has 1 aromatic rings. The number of carbonyl (C=O) groups excluding carboxylic acids is 1. The molecule has 0 radical (unpaired) electrons. The van der Waals surface area contributed by atoms with Gasteiger partial charge in [-0.05, 0) is 26.3 Å². The van der Waals surface area contributed by atoms with Crippen molar-refractivity contribution in [2.24, 2.45) is 5.92 Å². The zero-order chi connectivity index (χ0) is 14.8. The molecular formula is C16H23NO3. The van der Waals surface area contributed by atoms with Crippen molar-refractivity contribution in [2.45, 2.75) is 32.3 Å². The Morgan fingerprint density at radius 1 is 1.30 bits per heavy atom. The second kappa shape index (κ2) is 5.83. The molecule has 2 unspecified atom stereocenters. The molecule has 0 saturated carbocycles. The zero-order valence-electron chi connectivity index (χ0n) is 12.4. The van der Waals surface area contributed by atoms with Gasteiger partial charge in [0.25, 0.3) is 0 Å². The third kappa shape index (κ3) is 3.51. The van der Waals surface area contributed by atoms with Crippen LogP contribution in [0.1, 0.15) is 32.3 Å². The van der Waals surface area contributed by atoms with E-state index in [0.29, 0.717) is 13.1 Å². The minimum absolute atomic E-state index is 0.0740. The third-order valence-electron chi connectivity index (χ3n) is 3.55. The van der Waals surface area contributed by atoms with Gasteiger partial charge in [0, 0.05) is 31.5 Å². The van der Waals surface area contributed by atoms with E-state index in [1.54, 1.807) is 4.90 Å². The number of ether oxygens (including phenoxy) is 1. The zero-order valence-corrected chi connectivity index (χ0v) is 12.4.